The van der Waals surface area contributed by atoms with Crippen LogP contribution in [0.1, 0.15) is 22.3 Å². The summed E-state index contributed by atoms with van der Waals surface area (Å²) < 4.78 is 2.29. The quantitative estimate of drug-likeness (QED) is 0.570. The Morgan fingerprint density at radius 1 is 0.556 bits per heavy atom. The highest BCUT2D eigenvalue weighted by atomic mass is 79.9. The zero-order chi connectivity index (χ0) is 13.4. The van der Waals surface area contributed by atoms with E-state index in [0.717, 1.165) is 8.95 Å². The van der Waals surface area contributed by atoms with Gasteiger partial charge in [0, 0.05) is 8.95 Å². The minimum atomic E-state index is 1.15. The maximum Gasteiger partial charge on any atom is 0.0180 e. The summed E-state index contributed by atoms with van der Waals surface area (Å²) in [5, 5.41) is 0. The van der Waals surface area contributed by atoms with Crippen LogP contribution in [-0.4, -0.2) is 0 Å². The first kappa shape index (κ1) is 13.8. The van der Waals surface area contributed by atoms with E-state index in [-0.39, 0.29) is 0 Å². The summed E-state index contributed by atoms with van der Waals surface area (Å²) in [4.78, 5) is 0. The summed E-state index contributed by atoms with van der Waals surface area (Å²) in [6.45, 7) is 8.70. The van der Waals surface area contributed by atoms with Crippen LogP contribution in [0.3, 0.4) is 0 Å². The molecule has 0 saturated heterocycles. The average molecular weight is 368 g/mol. The molecule has 0 spiro atoms. The zero-order valence-electron chi connectivity index (χ0n) is 11.1. The van der Waals surface area contributed by atoms with Crippen molar-refractivity contribution in [3.63, 3.8) is 0 Å². The molecule has 18 heavy (non-hydrogen) atoms. The molecule has 0 fully saturated rings. The fourth-order valence-electron chi connectivity index (χ4n) is 2.61. The largest absolute Gasteiger partial charge is 0.0508 e. The molecule has 0 aliphatic carbocycles. The van der Waals surface area contributed by atoms with Gasteiger partial charge >= 0.3 is 0 Å². The molecular formula is C16H16Br2. The Balaban J connectivity index is 2.78. The smallest absolute Gasteiger partial charge is 0.0180 e. The first-order chi connectivity index (χ1) is 8.40. The minimum Gasteiger partial charge on any atom is -0.0508 e. The van der Waals surface area contributed by atoms with Crippen molar-refractivity contribution in [2.45, 2.75) is 27.7 Å². The Hall–Kier alpha value is -0.600. The maximum atomic E-state index is 3.56. The Kier molecular flexibility index (Phi) is 3.98. The van der Waals surface area contributed by atoms with Crippen molar-refractivity contribution < 1.29 is 0 Å². The topological polar surface area (TPSA) is 0 Å². The summed E-state index contributed by atoms with van der Waals surface area (Å²) >= 11 is 7.12. The van der Waals surface area contributed by atoms with E-state index >= 15 is 0 Å². The Morgan fingerprint density at radius 2 is 0.778 bits per heavy atom. The highest BCUT2D eigenvalue weighted by Crippen LogP contribution is 2.35. The molecule has 0 aliphatic heterocycles. The van der Waals surface area contributed by atoms with Gasteiger partial charge in [0.25, 0.3) is 0 Å². The summed E-state index contributed by atoms with van der Waals surface area (Å²) in [6, 6.07) is 8.74. The second-order valence-electron chi connectivity index (χ2n) is 4.83. The second kappa shape index (κ2) is 5.18. The third-order valence-corrected chi connectivity index (χ3v) is 4.16. The molecule has 0 amide bonds. The number of benzene rings is 2. The lowest BCUT2D eigenvalue weighted by Crippen LogP contribution is -1.94. The molecule has 0 bridgehead atoms. The lowest BCUT2D eigenvalue weighted by molar-refractivity contribution is 1.30. The maximum absolute atomic E-state index is 3.56. The first-order valence-electron chi connectivity index (χ1n) is 5.94. The van der Waals surface area contributed by atoms with Crippen LogP contribution >= 0.6 is 31.9 Å². The molecule has 0 aromatic heterocycles. The van der Waals surface area contributed by atoms with Gasteiger partial charge in [-0.15, -0.1) is 0 Å². The van der Waals surface area contributed by atoms with Crippen LogP contribution in [0.2, 0.25) is 0 Å². The predicted molar refractivity (Wildman–Crippen MR) is 86.2 cm³/mol. The molecule has 2 heteroatoms. The molecule has 0 aliphatic rings. The van der Waals surface area contributed by atoms with E-state index in [1.807, 2.05) is 0 Å². The van der Waals surface area contributed by atoms with Gasteiger partial charge in [-0.3, -0.25) is 0 Å². The van der Waals surface area contributed by atoms with Crippen molar-refractivity contribution in [2.24, 2.45) is 0 Å². The van der Waals surface area contributed by atoms with Crippen molar-refractivity contribution in [1.29, 1.82) is 0 Å². The molecule has 0 unspecified atom stereocenters. The van der Waals surface area contributed by atoms with E-state index in [1.54, 1.807) is 0 Å². The number of hydrogen-bond acceptors (Lipinski definition) is 0. The van der Waals surface area contributed by atoms with E-state index in [9.17, 15) is 0 Å². The van der Waals surface area contributed by atoms with Crippen molar-refractivity contribution in [3.05, 3.63) is 55.5 Å². The Bertz CT molecular complexity index is 511. The fourth-order valence-corrected chi connectivity index (χ4v) is 3.98. The summed E-state index contributed by atoms with van der Waals surface area (Å²) in [7, 11) is 0. The molecule has 2 rings (SSSR count). The van der Waals surface area contributed by atoms with E-state index in [0.29, 0.717) is 0 Å². The number of aryl methyl sites for hydroxylation is 4. The van der Waals surface area contributed by atoms with Crippen molar-refractivity contribution in [3.8, 4) is 11.1 Å². The number of hydrogen-bond donors (Lipinski definition) is 0. The molecule has 2 aromatic carbocycles. The van der Waals surface area contributed by atoms with Crippen LogP contribution in [0, 0.1) is 27.7 Å². The Labute approximate surface area is 126 Å². The molecule has 2 aromatic rings. The molecule has 0 atom stereocenters. The molecule has 94 valence electrons. The lowest BCUT2D eigenvalue weighted by atomic mass is 9.90. The Morgan fingerprint density at radius 3 is 1.00 bits per heavy atom. The number of rotatable bonds is 1. The zero-order valence-corrected chi connectivity index (χ0v) is 14.2. The van der Waals surface area contributed by atoms with Crippen molar-refractivity contribution in [2.75, 3.05) is 0 Å². The normalized spacial score (nSPS) is 10.8. The summed E-state index contributed by atoms with van der Waals surface area (Å²) in [5.74, 6) is 0. The van der Waals surface area contributed by atoms with Gasteiger partial charge in [0.1, 0.15) is 0 Å². The first-order valence-corrected chi connectivity index (χ1v) is 7.52. The van der Waals surface area contributed by atoms with Gasteiger partial charge in [0.2, 0.25) is 0 Å². The molecule has 0 heterocycles. The van der Waals surface area contributed by atoms with Gasteiger partial charge < -0.3 is 0 Å². The van der Waals surface area contributed by atoms with Gasteiger partial charge in [0.05, 0.1) is 0 Å². The van der Waals surface area contributed by atoms with Crippen LogP contribution in [0.4, 0.5) is 0 Å². The standard InChI is InChI=1S/C16H16Br2/c1-9-5-13(17)6-10(2)15(9)16-11(3)7-14(18)8-12(16)4/h5-8H,1-4H3. The molecular weight excluding hydrogens is 352 g/mol. The van der Waals surface area contributed by atoms with Crippen molar-refractivity contribution >= 4 is 31.9 Å². The van der Waals surface area contributed by atoms with Gasteiger partial charge in [-0.25, -0.2) is 0 Å². The molecule has 0 N–H and O–H groups in total. The van der Waals surface area contributed by atoms with E-state index < -0.39 is 0 Å². The highest BCUT2D eigenvalue weighted by Gasteiger charge is 2.12. The molecule has 0 nitrogen and oxygen atoms in total. The van der Waals surface area contributed by atoms with Gasteiger partial charge in [-0.2, -0.15) is 0 Å². The monoisotopic (exact) mass is 366 g/mol. The van der Waals surface area contributed by atoms with E-state index in [4.69, 9.17) is 0 Å². The third-order valence-electron chi connectivity index (χ3n) is 3.24. The van der Waals surface area contributed by atoms with Crippen molar-refractivity contribution in [1.82, 2.24) is 0 Å². The van der Waals surface area contributed by atoms with Crippen LogP contribution in [0.5, 0.6) is 0 Å². The van der Waals surface area contributed by atoms with Crippen LogP contribution in [0.15, 0.2) is 33.2 Å². The molecule has 0 radical (unpaired) electrons. The second-order valence-corrected chi connectivity index (χ2v) is 6.66. The van der Waals surface area contributed by atoms with Gasteiger partial charge in [-0.1, -0.05) is 31.9 Å². The SMILES string of the molecule is Cc1cc(Br)cc(C)c1-c1c(C)cc(Br)cc1C. The van der Waals surface area contributed by atoms with Gasteiger partial charge in [-0.05, 0) is 85.3 Å². The van der Waals surface area contributed by atoms with Crippen LogP contribution in [-0.2, 0) is 0 Å². The highest BCUT2D eigenvalue weighted by molar-refractivity contribution is 9.10. The van der Waals surface area contributed by atoms with Crippen LogP contribution < -0.4 is 0 Å². The third kappa shape index (κ3) is 2.55. The fraction of sp³-hybridized carbons (Fsp3) is 0.250. The van der Waals surface area contributed by atoms with E-state index in [1.165, 1.54) is 33.4 Å². The average Bonchev–Trinajstić information content (AvgIpc) is 2.20. The van der Waals surface area contributed by atoms with Crippen LogP contribution in [0.25, 0.3) is 11.1 Å². The number of halogens is 2. The minimum absolute atomic E-state index is 1.15. The van der Waals surface area contributed by atoms with E-state index in [2.05, 4.69) is 83.8 Å². The predicted octanol–water partition coefficient (Wildman–Crippen LogP) is 6.11. The lowest BCUT2D eigenvalue weighted by Gasteiger charge is -2.16. The van der Waals surface area contributed by atoms with Gasteiger partial charge in [0.15, 0.2) is 0 Å². The summed E-state index contributed by atoms with van der Waals surface area (Å²) in [5.41, 5.74) is 7.98. The molecule has 0 saturated carbocycles. The summed E-state index contributed by atoms with van der Waals surface area (Å²) in [6.07, 6.45) is 0.